The number of amides is 1. The van der Waals surface area contributed by atoms with Gasteiger partial charge in [-0.25, -0.2) is 4.39 Å². The van der Waals surface area contributed by atoms with Crippen molar-refractivity contribution in [1.82, 2.24) is 15.4 Å². The zero-order valence-electron chi connectivity index (χ0n) is 13.4. The third-order valence-corrected chi connectivity index (χ3v) is 3.81. The van der Waals surface area contributed by atoms with Crippen LogP contribution in [-0.2, 0) is 6.42 Å². The first-order chi connectivity index (χ1) is 12.1. The van der Waals surface area contributed by atoms with E-state index in [1.807, 2.05) is 30.3 Å². The lowest BCUT2D eigenvalue weighted by Gasteiger charge is -2.17. The summed E-state index contributed by atoms with van der Waals surface area (Å²) in [6, 6.07) is 10.5. The Morgan fingerprint density at radius 2 is 1.88 bits per heavy atom. The quantitative estimate of drug-likeness (QED) is 0.771. The minimum absolute atomic E-state index is 0.00958. The van der Waals surface area contributed by atoms with Gasteiger partial charge >= 0.3 is 0 Å². The molecule has 0 saturated heterocycles. The normalized spacial score (nSPS) is 10.5. The van der Waals surface area contributed by atoms with Gasteiger partial charge in [-0.1, -0.05) is 30.3 Å². The Bertz CT molecular complexity index is 902. The van der Waals surface area contributed by atoms with Crippen LogP contribution in [0.4, 0.5) is 4.39 Å². The molecule has 0 aliphatic heterocycles. The smallest absolute Gasteiger partial charge is 0.252 e. The molecule has 126 valence electrons. The molecule has 2 aromatic carbocycles. The van der Waals surface area contributed by atoms with E-state index >= 15 is 0 Å². The van der Waals surface area contributed by atoms with E-state index in [9.17, 15) is 9.18 Å². The molecule has 1 amide bonds. The van der Waals surface area contributed by atoms with Crippen LogP contribution in [0.2, 0.25) is 0 Å². The zero-order chi connectivity index (χ0) is 17.8. The molecule has 1 heterocycles. The number of carbonyl (C=O) groups excluding carboxylic acids is 1. The Morgan fingerprint density at radius 3 is 2.48 bits per heavy atom. The summed E-state index contributed by atoms with van der Waals surface area (Å²) in [6.45, 7) is 0. The lowest BCUT2D eigenvalue weighted by atomic mass is 9.92. The molecule has 0 bridgehead atoms. The van der Waals surface area contributed by atoms with Crippen LogP contribution in [0.1, 0.15) is 21.5 Å². The molecule has 1 aromatic heterocycles. The molecule has 0 aliphatic carbocycles. The van der Waals surface area contributed by atoms with E-state index in [1.54, 1.807) is 0 Å². The van der Waals surface area contributed by atoms with E-state index in [-0.39, 0.29) is 16.9 Å². The maximum Gasteiger partial charge on any atom is 0.252 e. The lowest BCUT2D eigenvalue weighted by molar-refractivity contribution is 0.0996. The van der Waals surface area contributed by atoms with Crippen molar-refractivity contribution >= 4 is 5.91 Å². The predicted molar refractivity (Wildman–Crippen MR) is 89.5 cm³/mol. The highest BCUT2D eigenvalue weighted by Crippen LogP contribution is 2.37. The van der Waals surface area contributed by atoms with Crippen LogP contribution in [0.15, 0.2) is 48.8 Å². The number of primary amides is 1. The van der Waals surface area contributed by atoms with E-state index in [0.717, 1.165) is 11.6 Å². The lowest BCUT2D eigenvalue weighted by Crippen LogP contribution is -2.15. The highest BCUT2D eigenvalue weighted by molar-refractivity contribution is 5.97. The number of hydrogen-bond acceptors (Lipinski definition) is 5. The molecule has 3 aromatic rings. The fourth-order valence-electron chi connectivity index (χ4n) is 2.75. The van der Waals surface area contributed by atoms with Gasteiger partial charge in [-0.05, 0) is 16.8 Å². The van der Waals surface area contributed by atoms with Crippen molar-refractivity contribution in [1.29, 1.82) is 0 Å². The number of nitrogens with two attached hydrogens (primary N) is 1. The molecule has 0 unspecified atom stereocenters. The average molecular weight is 338 g/mol. The molecular formula is C18H15FN4O2. The fraction of sp³-hybridized carbons (Fsp3) is 0.111. The van der Waals surface area contributed by atoms with E-state index in [0.29, 0.717) is 17.5 Å². The number of rotatable bonds is 5. The summed E-state index contributed by atoms with van der Waals surface area (Å²) >= 11 is 0. The maximum atomic E-state index is 14.8. The van der Waals surface area contributed by atoms with E-state index < -0.39 is 11.7 Å². The summed E-state index contributed by atoms with van der Waals surface area (Å²) in [6.07, 6.45) is 3.16. The minimum Gasteiger partial charge on any atom is -0.496 e. The molecule has 0 radical (unpaired) electrons. The largest absolute Gasteiger partial charge is 0.496 e. The van der Waals surface area contributed by atoms with Crippen molar-refractivity contribution in [2.75, 3.05) is 7.11 Å². The summed E-state index contributed by atoms with van der Waals surface area (Å²) in [4.78, 5) is 11.7. The Kier molecular flexibility index (Phi) is 4.65. The Morgan fingerprint density at radius 1 is 1.20 bits per heavy atom. The number of ether oxygens (including phenoxy) is 1. The van der Waals surface area contributed by atoms with Crippen LogP contribution < -0.4 is 10.5 Å². The van der Waals surface area contributed by atoms with Crippen LogP contribution in [-0.4, -0.2) is 28.4 Å². The van der Waals surface area contributed by atoms with Crippen molar-refractivity contribution in [3.63, 3.8) is 0 Å². The summed E-state index contributed by atoms with van der Waals surface area (Å²) in [5.41, 5.74) is 7.50. The molecule has 0 spiro atoms. The average Bonchev–Trinajstić information content (AvgIpc) is 2.63. The van der Waals surface area contributed by atoms with Gasteiger partial charge in [0.05, 0.1) is 25.1 Å². The second-order valence-corrected chi connectivity index (χ2v) is 5.35. The van der Waals surface area contributed by atoms with E-state index in [4.69, 9.17) is 10.5 Å². The van der Waals surface area contributed by atoms with Gasteiger partial charge in [-0.2, -0.15) is 0 Å². The number of halogens is 1. The van der Waals surface area contributed by atoms with Crippen molar-refractivity contribution in [2.45, 2.75) is 6.42 Å². The molecule has 2 N–H and O–H groups in total. The van der Waals surface area contributed by atoms with Gasteiger partial charge in [-0.3, -0.25) is 4.79 Å². The number of benzene rings is 2. The van der Waals surface area contributed by atoms with Gasteiger partial charge in [0.25, 0.3) is 5.91 Å². The van der Waals surface area contributed by atoms with Crippen molar-refractivity contribution in [3.8, 4) is 16.9 Å². The first kappa shape index (κ1) is 16.5. The molecule has 25 heavy (non-hydrogen) atoms. The van der Waals surface area contributed by atoms with E-state index in [2.05, 4.69) is 15.4 Å². The third-order valence-electron chi connectivity index (χ3n) is 3.81. The monoisotopic (exact) mass is 338 g/mol. The molecule has 7 heteroatoms. The minimum atomic E-state index is -0.761. The van der Waals surface area contributed by atoms with Crippen LogP contribution in [0.5, 0.6) is 5.75 Å². The van der Waals surface area contributed by atoms with Crippen LogP contribution in [0.25, 0.3) is 11.1 Å². The molecule has 0 saturated carbocycles. The fourth-order valence-corrected chi connectivity index (χ4v) is 2.75. The third kappa shape index (κ3) is 3.30. The molecule has 0 fully saturated rings. The second-order valence-electron chi connectivity index (χ2n) is 5.35. The van der Waals surface area contributed by atoms with Crippen LogP contribution in [0, 0.1) is 5.82 Å². The van der Waals surface area contributed by atoms with Crippen LogP contribution >= 0.6 is 0 Å². The Hall–Kier alpha value is -3.35. The summed E-state index contributed by atoms with van der Waals surface area (Å²) in [7, 11) is 1.42. The second kappa shape index (κ2) is 7.04. The van der Waals surface area contributed by atoms with Crippen LogP contribution in [0.3, 0.4) is 0 Å². The molecule has 0 aliphatic rings. The number of aromatic nitrogens is 3. The summed E-state index contributed by atoms with van der Waals surface area (Å²) in [5, 5.41) is 10.9. The van der Waals surface area contributed by atoms with Gasteiger partial charge in [0.15, 0.2) is 0 Å². The molecule has 6 nitrogen and oxygen atoms in total. The van der Waals surface area contributed by atoms with Gasteiger partial charge in [0, 0.05) is 23.1 Å². The SMILES string of the molecule is COc1c(C(N)=O)cc(F)c(-c2cnnnc2)c1Cc1ccccc1. The highest BCUT2D eigenvalue weighted by Gasteiger charge is 2.23. The predicted octanol–water partition coefficient (Wildman–Crippen LogP) is 2.38. The van der Waals surface area contributed by atoms with Gasteiger partial charge in [0.2, 0.25) is 0 Å². The number of methoxy groups -OCH3 is 1. The zero-order valence-corrected chi connectivity index (χ0v) is 13.4. The first-order valence-electron chi connectivity index (χ1n) is 7.48. The summed E-state index contributed by atoms with van der Waals surface area (Å²) in [5.74, 6) is -1.12. The Labute approximate surface area is 143 Å². The number of nitrogens with zero attached hydrogens (tertiary/aromatic N) is 3. The van der Waals surface area contributed by atoms with Crippen molar-refractivity contribution in [3.05, 3.63) is 71.3 Å². The van der Waals surface area contributed by atoms with Gasteiger partial charge < -0.3 is 10.5 Å². The molecule has 0 atom stereocenters. The number of carbonyl (C=O) groups is 1. The van der Waals surface area contributed by atoms with Crippen molar-refractivity contribution in [2.24, 2.45) is 5.73 Å². The first-order valence-corrected chi connectivity index (χ1v) is 7.48. The standard InChI is InChI=1S/C18H15FN4O2/c1-25-17-13(7-11-5-3-2-4-6-11)16(12-9-21-23-22-10-12)15(19)8-14(17)18(20)24/h2-6,8-10H,7H2,1H3,(H2,20,24). The summed E-state index contributed by atoms with van der Waals surface area (Å²) < 4.78 is 20.2. The van der Waals surface area contributed by atoms with Crippen molar-refractivity contribution < 1.29 is 13.9 Å². The van der Waals surface area contributed by atoms with Gasteiger partial charge in [0.1, 0.15) is 11.6 Å². The molecular weight excluding hydrogens is 323 g/mol. The van der Waals surface area contributed by atoms with Gasteiger partial charge in [-0.15, -0.1) is 10.2 Å². The maximum absolute atomic E-state index is 14.8. The van der Waals surface area contributed by atoms with E-state index in [1.165, 1.54) is 19.5 Å². The molecule has 3 rings (SSSR count). The topological polar surface area (TPSA) is 91.0 Å². The highest BCUT2D eigenvalue weighted by atomic mass is 19.1. The Balaban J connectivity index is 2.28. The number of hydrogen-bond donors (Lipinski definition) is 1.